The third-order valence-corrected chi connectivity index (χ3v) is 1.68. The zero-order chi connectivity index (χ0) is 7.40. The standard InChI is InChI=1S/C8H12FN/c9-8-3-1-7(2-4-8)5-6-10/h1,3-4,7H,2,5-6,10H2. The molecule has 0 fully saturated rings. The van der Waals surface area contributed by atoms with Crippen molar-refractivity contribution in [1.82, 2.24) is 0 Å². The van der Waals surface area contributed by atoms with Crippen LogP contribution in [-0.4, -0.2) is 6.54 Å². The third-order valence-electron chi connectivity index (χ3n) is 1.68. The number of rotatable bonds is 2. The zero-order valence-electron chi connectivity index (χ0n) is 5.89. The second kappa shape index (κ2) is 3.52. The van der Waals surface area contributed by atoms with E-state index < -0.39 is 0 Å². The average molecular weight is 141 g/mol. The fraction of sp³-hybridized carbons (Fsp3) is 0.500. The Balaban J connectivity index is 2.37. The predicted molar refractivity (Wildman–Crippen MR) is 40.1 cm³/mol. The molecule has 1 aliphatic rings. The minimum absolute atomic E-state index is 0.117. The summed E-state index contributed by atoms with van der Waals surface area (Å²) in [5.41, 5.74) is 5.35. The maximum Gasteiger partial charge on any atom is 0.118 e. The van der Waals surface area contributed by atoms with Gasteiger partial charge in [-0.3, -0.25) is 0 Å². The Labute approximate surface area is 60.4 Å². The molecule has 10 heavy (non-hydrogen) atoms. The van der Waals surface area contributed by atoms with Crippen LogP contribution in [0.15, 0.2) is 24.1 Å². The lowest BCUT2D eigenvalue weighted by molar-refractivity contribution is 0.571. The third kappa shape index (κ3) is 1.95. The molecule has 1 aliphatic carbocycles. The molecule has 2 heteroatoms. The molecule has 0 aromatic heterocycles. The monoisotopic (exact) mass is 141 g/mol. The van der Waals surface area contributed by atoms with E-state index >= 15 is 0 Å². The average Bonchev–Trinajstić information content (AvgIpc) is 1.95. The molecule has 0 aromatic carbocycles. The van der Waals surface area contributed by atoms with Crippen LogP contribution in [0, 0.1) is 5.92 Å². The van der Waals surface area contributed by atoms with Crippen LogP contribution in [0.4, 0.5) is 4.39 Å². The molecule has 1 unspecified atom stereocenters. The van der Waals surface area contributed by atoms with Gasteiger partial charge in [-0.05, 0) is 37.5 Å². The summed E-state index contributed by atoms with van der Waals surface area (Å²) < 4.78 is 12.3. The lowest BCUT2D eigenvalue weighted by Gasteiger charge is -2.11. The van der Waals surface area contributed by atoms with Gasteiger partial charge in [-0.15, -0.1) is 0 Å². The highest BCUT2D eigenvalue weighted by molar-refractivity contribution is 5.17. The first-order valence-electron chi connectivity index (χ1n) is 3.57. The Morgan fingerprint density at radius 2 is 2.50 bits per heavy atom. The Hall–Kier alpha value is -0.630. The maximum absolute atomic E-state index is 12.3. The van der Waals surface area contributed by atoms with Gasteiger partial charge in [0, 0.05) is 0 Å². The van der Waals surface area contributed by atoms with E-state index in [1.165, 1.54) is 6.08 Å². The van der Waals surface area contributed by atoms with Crippen molar-refractivity contribution in [3.05, 3.63) is 24.1 Å². The van der Waals surface area contributed by atoms with Gasteiger partial charge in [0.25, 0.3) is 0 Å². The molecular weight excluding hydrogens is 129 g/mol. The Kier molecular flexibility index (Phi) is 2.63. The van der Waals surface area contributed by atoms with E-state index in [4.69, 9.17) is 5.73 Å². The van der Waals surface area contributed by atoms with Crippen molar-refractivity contribution in [2.75, 3.05) is 6.54 Å². The van der Waals surface area contributed by atoms with Gasteiger partial charge in [-0.25, -0.2) is 4.39 Å². The Bertz CT molecular complexity index is 161. The van der Waals surface area contributed by atoms with E-state index in [-0.39, 0.29) is 5.83 Å². The maximum atomic E-state index is 12.3. The summed E-state index contributed by atoms with van der Waals surface area (Å²) in [5.74, 6) is 0.345. The molecule has 1 atom stereocenters. The van der Waals surface area contributed by atoms with Crippen LogP contribution in [0.3, 0.4) is 0 Å². The van der Waals surface area contributed by atoms with Crippen LogP contribution < -0.4 is 5.73 Å². The van der Waals surface area contributed by atoms with Crippen molar-refractivity contribution in [3.63, 3.8) is 0 Å². The highest BCUT2D eigenvalue weighted by Gasteiger charge is 2.06. The minimum atomic E-state index is -0.117. The first kappa shape index (κ1) is 7.48. The van der Waals surface area contributed by atoms with Crippen molar-refractivity contribution >= 4 is 0 Å². The quantitative estimate of drug-likeness (QED) is 0.623. The van der Waals surface area contributed by atoms with Gasteiger partial charge in [0.2, 0.25) is 0 Å². The van der Waals surface area contributed by atoms with E-state index in [2.05, 4.69) is 0 Å². The molecule has 1 rings (SSSR count). The summed E-state index contributed by atoms with van der Waals surface area (Å²) in [5, 5.41) is 0. The van der Waals surface area contributed by atoms with Crippen LogP contribution in [0.1, 0.15) is 12.8 Å². The normalized spacial score (nSPS) is 24.6. The molecule has 1 nitrogen and oxygen atoms in total. The number of hydrogen-bond donors (Lipinski definition) is 1. The van der Waals surface area contributed by atoms with Crippen LogP contribution >= 0.6 is 0 Å². The number of hydrogen-bond acceptors (Lipinski definition) is 1. The minimum Gasteiger partial charge on any atom is -0.330 e. The molecule has 56 valence electrons. The smallest absolute Gasteiger partial charge is 0.118 e. The number of halogens is 1. The van der Waals surface area contributed by atoms with Crippen LogP contribution in [0.2, 0.25) is 0 Å². The molecule has 2 N–H and O–H groups in total. The molecule has 0 amide bonds. The van der Waals surface area contributed by atoms with E-state index in [1.807, 2.05) is 6.08 Å². The molecule has 0 heterocycles. The van der Waals surface area contributed by atoms with Gasteiger partial charge >= 0.3 is 0 Å². The molecule has 0 saturated heterocycles. The van der Waals surface area contributed by atoms with Crippen molar-refractivity contribution < 1.29 is 4.39 Å². The fourth-order valence-electron chi connectivity index (χ4n) is 1.07. The molecular formula is C8H12FN. The van der Waals surface area contributed by atoms with Gasteiger partial charge in [0.15, 0.2) is 0 Å². The summed E-state index contributed by atoms with van der Waals surface area (Å²) in [7, 11) is 0. The first-order valence-corrected chi connectivity index (χ1v) is 3.57. The fourth-order valence-corrected chi connectivity index (χ4v) is 1.07. The van der Waals surface area contributed by atoms with E-state index in [0.29, 0.717) is 12.5 Å². The lowest BCUT2D eigenvalue weighted by atomic mass is 9.97. The van der Waals surface area contributed by atoms with Crippen molar-refractivity contribution in [3.8, 4) is 0 Å². The van der Waals surface area contributed by atoms with Gasteiger partial charge in [-0.1, -0.05) is 6.08 Å². The molecule has 0 aliphatic heterocycles. The summed E-state index contributed by atoms with van der Waals surface area (Å²) in [6.45, 7) is 0.685. The van der Waals surface area contributed by atoms with E-state index in [0.717, 1.165) is 12.8 Å². The van der Waals surface area contributed by atoms with Gasteiger partial charge in [-0.2, -0.15) is 0 Å². The highest BCUT2D eigenvalue weighted by Crippen LogP contribution is 2.18. The Morgan fingerprint density at radius 3 is 3.00 bits per heavy atom. The summed E-state index contributed by atoms with van der Waals surface area (Å²) >= 11 is 0. The van der Waals surface area contributed by atoms with Crippen molar-refractivity contribution in [2.45, 2.75) is 12.8 Å². The molecule has 0 radical (unpaired) electrons. The zero-order valence-corrected chi connectivity index (χ0v) is 5.89. The molecule has 0 aromatic rings. The summed E-state index contributed by atoms with van der Waals surface area (Å²) in [6.07, 6.45) is 6.78. The largest absolute Gasteiger partial charge is 0.330 e. The van der Waals surface area contributed by atoms with Gasteiger partial charge in [0.1, 0.15) is 5.83 Å². The second-order valence-electron chi connectivity index (χ2n) is 2.52. The topological polar surface area (TPSA) is 26.0 Å². The van der Waals surface area contributed by atoms with Crippen LogP contribution in [0.5, 0.6) is 0 Å². The van der Waals surface area contributed by atoms with Crippen molar-refractivity contribution in [2.24, 2.45) is 11.7 Å². The van der Waals surface area contributed by atoms with E-state index in [1.54, 1.807) is 6.08 Å². The number of nitrogens with two attached hydrogens (primary N) is 1. The lowest BCUT2D eigenvalue weighted by Crippen LogP contribution is -2.07. The predicted octanol–water partition coefficient (Wildman–Crippen LogP) is 1.76. The van der Waals surface area contributed by atoms with Gasteiger partial charge in [0.05, 0.1) is 0 Å². The van der Waals surface area contributed by atoms with Crippen LogP contribution in [-0.2, 0) is 0 Å². The van der Waals surface area contributed by atoms with E-state index in [9.17, 15) is 4.39 Å². The first-order chi connectivity index (χ1) is 4.83. The van der Waals surface area contributed by atoms with Gasteiger partial charge < -0.3 is 5.73 Å². The highest BCUT2D eigenvalue weighted by atomic mass is 19.1. The van der Waals surface area contributed by atoms with Crippen LogP contribution in [0.25, 0.3) is 0 Å². The summed E-state index contributed by atoms with van der Waals surface area (Å²) in [4.78, 5) is 0. The Morgan fingerprint density at radius 1 is 1.70 bits per heavy atom. The second-order valence-corrected chi connectivity index (χ2v) is 2.52. The molecule has 0 bridgehead atoms. The van der Waals surface area contributed by atoms with Crippen molar-refractivity contribution in [1.29, 1.82) is 0 Å². The SMILES string of the molecule is NCCC1C=CC(F)=CC1. The molecule has 0 spiro atoms. The summed E-state index contributed by atoms with van der Waals surface area (Å²) in [6, 6.07) is 0. The molecule has 0 saturated carbocycles. The number of allylic oxidation sites excluding steroid dienone is 4.